The zero-order valence-electron chi connectivity index (χ0n) is 17.6. The summed E-state index contributed by atoms with van der Waals surface area (Å²) in [7, 11) is -3.28. The number of nitrogens with zero attached hydrogens (tertiary/aromatic N) is 4. The molecule has 0 unspecified atom stereocenters. The number of carbonyl (C=O) groups is 1. The van der Waals surface area contributed by atoms with Crippen molar-refractivity contribution in [1.29, 1.82) is 0 Å². The molecule has 32 heavy (non-hydrogen) atoms. The summed E-state index contributed by atoms with van der Waals surface area (Å²) >= 11 is 0. The minimum Gasteiger partial charge on any atom is -0.349 e. The average molecular weight is 448 g/mol. The van der Waals surface area contributed by atoms with Crippen LogP contribution in [0.15, 0.2) is 59.9 Å². The summed E-state index contributed by atoms with van der Waals surface area (Å²) in [5, 5.41) is 8.27. The van der Waals surface area contributed by atoms with Crippen LogP contribution in [0.4, 0.5) is 0 Å². The molecule has 8 nitrogen and oxygen atoms in total. The highest BCUT2D eigenvalue weighted by molar-refractivity contribution is 7.90. The molecule has 4 aromatic rings. The Labute approximate surface area is 185 Å². The monoisotopic (exact) mass is 447 g/mol. The molecule has 2 aromatic carbocycles. The van der Waals surface area contributed by atoms with E-state index in [4.69, 9.17) is 0 Å². The summed E-state index contributed by atoms with van der Waals surface area (Å²) in [6.45, 7) is 1.96. The van der Waals surface area contributed by atoms with Crippen LogP contribution >= 0.6 is 0 Å². The molecule has 1 amide bonds. The van der Waals surface area contributed by atoms with Crippen molar-refractivity contribution in [3.8, 4) is 16.9 Å². The third kappa shape index (κ3) is 3.75. The molecule has 1 aliphatic carbocycles. The van der Waals surface area contributed by atoms with Gasteiger partial charge in [-0.2, -0.15) is 5.10 Å². The van der Waals surface area contributed by atoms with Crippen molar-refractivity contribution < 1.29 is 13.2 Å². The van der Waals surface area contributed by atoms with E-state index in [1.54, 1.807) is 35.1 Å². The molecule has 1 aliphatic rings. The van der Waals surface area contributed by atoms with Crippen LogP contribution in [0.25, 0.3) is 28.0 Å². The van der Waals surface area contributed by atoms with E-state index in [1.165, 1.54) is 12.6 Å². The van der Waals surface area contributed by atoms with Crippen LogP contribution < -0.4 is 5.32 Å². The molecule has 0 radical (unpaired) electrons. The van der Waals surface area contributed by atoms with Gasteiger partial charge < -0.3 is 5.32 Å². The first kappa shape index (κ1) is 20.3. The van der Waals surface area contributed by atoms with Crippen LogP contribution in [0.5, 0.6) is 0 Å². The topological polar surface area (TPSA) is 107 Å². The first-order chi connectivity index (χ1) is 15.3. The van der Waals surface area contributed by atoms with E-state index in [1.807, 2.05) is 25.1 Å². The van der Waals surface area contributed by atoms with E-state index >= 15 is 0 Å². The van der Waals surface area contributed by atoms with Gasteiger partial charge in [-0.1, -0.05) is 18.2 Å². The summed E-state index contributed by atoms with van der Waals surface area (Å²) in [6.07, 6.45) is 6.37. The minimum absolute atomic E-state index is 0.0912. The molecule has 1 N–H and O–H groups in total. The largest absolute Gasteiger partial charge is 0.349 e. The first-order valence-corrected chi connectivity index (χ1v) is 12.1. The van der Waals surface area contributed by atoms with Crippen LogP contribution in [0.2, 0.25) is 0 Å². The van der Waals surface area contributed by atoms with Crippen LogP contribution in [0.1, 0.15) is 28.8 Å². The second-order valence-electron chi connectivity index (χ2n) is 8.06. The van der Waals surface area contributed by atoms with E-state index in [-0.39, 0.29) is 16.8 Å². The van der Waals surface area contributed by atoms with Gasteiger partial charge in [-0.25, -0.2) is 23.1 Å². The van der Waals surface area contributed by atoms with Crippen molar-refractivity contribution >= 4 is 26.8 Å². The maximum Gasteiger partial charge on any atom is 0.251 e. The van der Waals surface area contributed by atoms with Crippen LogP contribution in [0, 0.1) is 6.92 Å². The van der Waals surface area contributed by atoms with Gasteiger partial charge in [0, 0.05) is 23.4 Å². The van der Waals surface area contributed by atoms with Gasteiger partial charge in [-0.05, 0) is 49.6 Å². The lowest BCUT2D eigenvalue weighted by Gasteiger charge is -2.10. The Morgan fingerprint density at radius 2 is 1.84 bits per heavy atom. The van der Waals surface area contributed by atoms with Gasteiger partial charge in [0.2, 0.25) is 0 Å². The molecule has 1 fully saturated rings. The molecule has 9 heteroatoms. The molecule has 0 spiro atoms. The van der Waals surface area contributed by atoms with E-state index in [0.29, 0.717) is 16.9 Å². The number of rotatable bonds is 5. The predicted molar refractivity (Wildman–Crippen MR) is 120 cm³/mol. The fraction of sp³-hybridized carbons (Fsp3) is 0.217. The lowest BCUT2D eigenvalue weighted by molar-refractivity contribution is 0.0951. The number of hydrogen-bond donors (Lipinski definition) is 1. The molecule has 2 aromatic heterocycles. The average Bonchev–Trinajstić information content (AvgIpc) is 3.48. The highest BCUT2D eigenvalue weighted by Gasteiger charge is 2.24. The van der Waals surface area contributed by atoms with Gasteiger partial charge in [0.05, 0.1) is 27.9 Å². The third-order valence-corrected chi connectivity index (χ3v) is 6.66. The summed E-state index contributed by atoms with van der Waals surface area (Å²) in [4.78, 5) is 21.6. The zero-order chi connectivity index (χ0) is 22.5. The Morgan fingerprint density at radius 3 is 2.53 bits per heavy atom. The fourth-order valence-electron chi connectivity index (χ4n) is 3.59. The summed E-state index contributed by atoms with van der Waals surface area (Å²) in [6, 6.07) is 12.4. The number of benzene rings is 2. The number of aryl methyl sites for hydroxylation is 1. The number of amides is 1. The molecule has 1 saturated carbocycles. The van der Waals surface area contributed by atoms with Crippen molar-refractivity contribution in [3.63, 3.8) is 0 Å². The van der Waals surface area contributed by atoms with Crippen molar-refractivity contribution in [3.05, 3.63) is 66.1 Å². The minimum atomic E-state index is -3.28. The number of nitrogens with one attached hydrogen (secondary N) is 1. The summed E-state index contributed by atoms with van der Waals surface area (Å²) in [5.74, 6) is -0.0912. The number of sulfone groups is 1. The standard InChI is InChI=1S/C23H21N5O3S/c1-14-3-4-16(23(29)27-17-7-8-17)11-20(14)28-22-19(12-26-28)21(24-13-25-22)15-5-9-18(10-6-15)32(2,30)31/h3-6,9-13,17H,7-8H2,1-2H3,(H,27,29). The Kier molecular flexibility index (Phi) is 4.78. The maximum atomic E-state index is 12.5. The Hall–Kier alpha value is -3.59. The molecule has 0 aliphatic heterocycles. The highest BCUT2D eigenvalue weighted by atomic mass is 32.2. The molecular weight excluding hydrogens is 426 g/mol. The Morgan fingerprint density at radius 1 is 1.09 bits per heavy atom. The number of hydrogen-bond acceptors (Lipinski definition) is 6. The lowest BCUT2D eigenvalue weighted by Crippen LogP contribution is -2.25. The highest BCUT2D eigenvalue weighted by Crippen LogP contribution is 2.28. The molecule has 162 valence electrons. The van der Waals surface area contributed by atoms with Crippen molar-refractivity contribution in [1.82, 2.24) is 25.1 Å². The van der Waals surface area contributed by atoms with Gasteiger partial charge in [-0.15, -0.1) is 0 Å². The molecule has 5 rings (SSSR count). The molecule has 0 bridgehead atoms. The predicted octanol–water partition coefficient (Wildman–Crippen LogP) is 3.09. The zero-order valence-corrected chi connectivity index (χ0v) is 18.4. The second kappa shape index (κ2) is 7.52. The van der Waals surface area contributed by atoms with E-state index in [2.05, 4.69) is 20.4 Å². The molecular formula is C23H21N5O3S. The SMILES string of the molecule is Cc1ccc(C(=O)NC2CC2)cc1-n1ncc2c(-c3ccc(S(C)(=O)=O)cc3)ncnc21. The molecule has 0 saturated heterocycles. The van der Waals surface area contributed by atoms with Crippen molar-refractivity contribution in [2.75, 3.05) is 6.26 Å². The number of carbonyl (C=O) groups excluding carboxylic acids is 1. The first-order valence-electron chi connectivity index (χ1n) is 10.2. The lowest BCUT2D eigenvalue weighted by atomic mass is 10.1. The maximum absolute atomic E-state index is 12.5. The van der Waals surface area contributed by atoms with Gasteiger partial charge in [-0.3, -0.25) is 4.79 Å². The Balaban J connectivity index is 1.57. The number of aromatic nitrogens is 4. The van der Waals surface area contributed by atoms with Gasteiger partial charge in [0.25, 0.3) is 5.91 Å². The summed E-state index contributed by atoms with van der Waals surface area (Å²) in [5.41, 5.74) is 4.31. The Bertz CT molecular complexity index is 1460. The van der Waals surface area contributed by atoms with E-state index in [9.17, 15) is 13.2 Å². The van der Waals surface area contributed by atoms with Gasteiger partial charge in [0.1, 0.15) is 6.33 Å². The van der Waals surface area contributed by atoms with Gasteiger partial charge >= 0.3 is 0 Å². The van der Waals surface area contributed by atoms with E-state index < -0.39 is 9.84 Å². The smallest absolute Gasteiger partial charge is 0.251 e. The van der Waals surface area contributed by atoms with Gasteiger partial charge in [0.15, 0.2) is 15.5 Å². The summed E-state index contributed by atoms with van der Waals surface area (Å²) < 4.78 is 25.2. The fourth-order valence-corrected chi connectivity index (χ4v) is 4.22. The van der Waals surface area contributed by atoms with E-state index in [0.717, 1.165) is 35.0 Å². The van der Waals surface area contributed by atoms with Crippen molar-refractivity contribution in [2.45, 2.75) is 30.7 Å². The van der Waals surface area contributed by atoms with Crippen LogP contribution in [-0.4, -0.2) is 46.4 Å². The van der Waals surface area contributed by atoms with Crippen molar-refractivity contribution in [2.24, 2.45) is 0 Å². The number of fused-ring (bicyclic) bond motifs is 1. The second-order valence-corrected chi connectivity index (χ2v) is 10.1. The molecule has 2 heterocycles. The van der Waals surface area contributed by atoms with Crippen LogP contribution in [-0.2, 0) is 9.84 Å². The quantitative estimate of drug-likeness (QED) is 0.504. The third-order valence-electron chi connectivity index (χ3n) is 5.53. The molecule has 0 atom stereocenters. The normalized spacial score (nSPS) is 13.9. The van der Waals surface area contributed by atoms with Crippen LogP contribution in [0.3, 0.4) is 0 Å².